The van der Waals surface area contributed by atoms with Crippen LogP contribution in [0.2, 0.25) is 0 Å². The maximum absolute atomic E-state index is 13.5. The van der Waals surface area contributed by atoms with Crippen LogP contribution in [0.5, 0.6) is 0 Å². The number of imidazole rings is 1. The van der Waals surface area contributed by atoms with E-state index in [1.807, 2.05) is 0 Å². The fourth-order valence-corrected chi connectivity index (χ4v) is 6.36. The summed E-state index contributed by atoms with van der Waals surface area (Å²) < 4.78 is 81.3. The molecule has 5 aromatic rings. The van der Waals surface area contributed by atoms with Crippen molar-refractivity contribution in [3.63, 3.8) is 0 Å². The number of aryl methyl sites for hydroxylation is 1. The van der Waals surface area contributed by atoms with Crippen LogP contribution in [0.15, 0.2) is 78.2 Å². The fourth-order valence-electron chi connectivity index (χ4n) is 4.07. The van der Waals surface area contributed by atoms with Crippen LogP contribution < -0.4 is 0 Å². The Morgan fingerprint density at radius 3 is 2.44 bits per heavy atom. The van der Waals surface area contributed by atoms with Crippen molar-refractivity contribution in [3.05, 3.63) is 89.0 Å². The van der Waals surface area contributed by atoms with Crippen molar-refractivity contribution in [2.24, 2.45) is 7.05 Å². The average molecular weight is 532 g/mol. The van der Waals surface area contributed by atoms with E-state index in [1.54, 1.807) is 35.9 Å². The van der Waals surface area contributed by atoms with Gasteiger partial charge >= 0.3 is 6.18 Å². The van der Waals surface area contributed by atoms with Gasteiger partial charge in [-0.05, 0) is 46.2 Å². The number of fused-ring (bicyclic) bond motifs is 1. The van der Waals surface area contributed by atoms with E-state index in [0.717, 1.165) is 18.3 Å². The van der Waals surface area contributed by atoms with Gasteiger partial charge in [0.25, 0.3) is 0 Å². The van der Waals surface area contributed by atoms with E-state index in [9.17, 15) is 26.0 Å². The van der Waals surface area contributed by atoms with Gasteiger partial charge in [0.05, 0.1) is 34.9 Å². The second-order valence-corrected chi connectivity index (χ2v) is 11.2. The van der Waals surface area contributed by atoms with Crippen molar-refractivity contribution >= 4 is 31.9 Å². The molecule has 184 valence electrons. The van der Waals surface area contributed by atoms with Gasteiger partial charge in [-0.2, -0.15) is 17.6 Å². The van der Waals surface area contributed by atoms with Crippen molar-refractivity contribution in [1.82, 2.24) is 14.5 Å². The summed E-state index contributed by atoms with van der Waals surface area (Å²) in [6.07, 6.45) is -0.537. The summed E-state index contributed by atoms with van der Waals surface area (Å²) in [6.45, 7) is 0. The molecule has 11 heteroatoms. The minimum Gasteiger partial charge on any atom is -0.334 e. The largest absolute Gasteiger partial charge is 0.416 e. The van der Waals surface area contributed by atoms with E-state index in [-0.39, 0.29) is 9.90 Å². The molecular weight excluding hydrogens is 514 g/mol. The highest BCUT2D eigenvalue weighted by Gasteiger charge is 2.31. The summed E-state index contributed by atoms with van der Waals surface area (Å²) >= 11 is 0.673. The number of alkyl halides is 3. The number of benzene rings is 3. The van der Waals surface area contributed by atoms with Crippen molar-refractivity contribution in [1.29, 1.82) is 0 Å². The lowest BCUT2D eigenvalue weighted by atomic mass is 9.92. The normalized spacial score (nSPS) is 12.4. The molecule has 3 aromatic carbocycles. The predicted octanol–water partition coefficient (Wildman–Crippen LogP) is 6.50. The Kier molecular flexibility index (Phi) is 5.92. The van der Waals surface area contributed by atoms with Crippen molar-refractivity contribution in [2.45, 2.75) is 16.8 Å². The zero-order chi connectivity index (χ0) is 25.7. The van der Waals surface area contributed by atoms with Gasteiger partial charge in [0.15, 0.2) is 15.0 Å². The summed E-state index contributed by atoms with van der Waals surface area (Å²) in [5.41, 5.74) is 1.26. The summed E-state index contributed by atoms with van der Waals surface area (Å²) in [7, 11) is -2.10. The minimum absolute atomic E-state index is 0.0436. The molecule has 0 atom stereocenters. The summed E-state index contributed by atoms with van der Waals surface area (Å²) in [6, 6.07) is 13.3. The third-order valence-corrected chi connectivity index (χ3v) is 8.37. The molecule has 0 saturated carbocycles. The first-order valence-corrected chi connectivity index (χ1v) is 13.0. The van der Waals surface area contributed by atoms with Crippen LogP contribution in [-0.4, -0.2) is 23.0 Å². The molecule has 0 saturated heterocycles. The van der Waals surface area contributed by atoms with Crippen LogP contribution in [-0.2, 0) is 28.8 Å². The molecule has 5 nitrogen and oxygen atoms in total. The Bertz CT molecular complexity index is 1710. The monoisotopic (exact) mass is 531 g/mol. The predicted molar refractivity (Wildman–Crippen MR) is 130 cm³/mol. The maximum Gasteiger partial charge on any atom is 0.416 e. The highest BCUT2D eigenvalue weighted by Crippen LogP contribution is 2.40. The number of nitrogens with zero attached hydrogens (tertiary/aromatic N) is 3. The third kappa shape index (κ3) is 4.51. The molecule has 0 aliphatic heterocycles. The Morgan fingerprint density at radius 2 is 1.78 bits per heavy atom. The van der Waals surface area contributed by atoms with E-state index >= 15 is 0 Å². The summed E-state index contributed by atoms with van der Waals surface area (Å²) in [4.78, 5) is 7.88. The molecule has 0 spiro atoms. The molecule has 0 radical (unpaired) electrons. The fraction of sp³-hybridized carbons (Fsp3) is 0.120. The first-order valence-electron chi connectivity index (χ1n) is 10.6. The molecule has 5 rings (SSSR count). The molecule has 0 bridgehead atoms. The molecule has 0 aliphatic carbocycles. The van der Waals surface area contributed by atoms with Crippen molar-refractivity contribution in [2.75, 3.05) is 0 Å². The van der Waals surface area contributed by atoms with Crippen LogP contribution in [0.3, 0.4) is 0 Å². The molecule has 0 aliphatic rings. The highest BCUT2D eigenvalue weighted by molar-refractivity contribution is 7.90. The standard InChI is InChI=1S/C25H17F4N3O2S2/c1-32-14-30-11-22(32)21-10-16(25(27,28)29)5-7-20(21)19-4-2-3-15-9-17(6-8-18(15)19)36(33,34)13-24-31-12-23(26)35-24/h2-12,14H,13H2,1H3. The lowest BCUT2D eigenvalue weighted by Gasteiger charge is -2.16. The van der Waals surface area contributed by atoms with Gasteiger partial charge in [-0.1, -0.05) is 41.7 Å². The Morgan fingerprint density at radius 1 is 0.972 bits per heavy atom. The first-order chi connectivity index (χ1) is 17.0. The second-order valence-electron chi connectivity index (χ2n) is 8.15. The topological polar surface area (TPSA) is 64.8 Å². The average Bonchev–Trinajstić information content (AvgIpc) is 3.44. The molecule has 0 unspecified atom stereocenters. The number of hydrogen-bond donors (Lipinski definition) is 0. The molecule has 2 aromatic heterocycles. The van der Waals surface area contributed by atoms with Gasteiger partial charge in [0.1, 0.15) is 10.8 Å². The number of aromatic nitrogens is 3. The highest BCUT2D eigenvalue weighted by atomic mass is 32.2. The number of sulfone groups is 1. The first kappa shape index (κ1) is 24.1. The van der Waals surface area contributed by atoms with Crippen molar-refractivity contribution < 1.29 is 26.0 Å². The number of hydrogen-bond acceptors (Lipinski definition) is 5. The van der Waals surface area contributed by atoms with Gasteiger partial charge < -0.3 is 4.57 Å². The van der Waals surface area contributed by atoms with Gasteiger partial charge in [0, 0.05) is 12.6 Å². The van der Waals surface area contributed by atoms with Crippen LogP contribution in [0, 0.1) is 5.13 Å². The molecule has 0 fully saturated rings. The quantitative estimate of drug-likeness (QED) is 0.243. The smallest absolute Gasteiger partial charge is 0.334 e. The summed E-state index contributed by atoms with van der Waals surface area (Å²) in [5.74, 6) is -0.434. The molecule has 0 amide bonds. The third-order valence-electron chi connectivity index (χ3n) is 5.78. The van der Waals surface area contributed by atoms with E-state index in [4.69, 9.17) is 0 Å². The van der Waals surface area contributed by atoms with Crippen LogP contribution >= 0.6 is 11.3 Å². The Balaban J connectivity index is 1.64. The maximum atomic E-state index is 13.5. The van der Waals surface area contributed by atoms with E-state index in [2.05, 4.69) is 9.97 Å². The van der Waals surface area contributed by atoms with Gasteiger partial charge in [-0.15, -0.1) is 0 Å². The van der Waals surface area contributed by atoms with E-state index < -0.39 is 32.5 Å². The number of rotatable bonds is 5. The SMILES string of the molecule is Cn1cncc1-c1cc(C(F)(F)F)ccc1-c1cccc2cc(S(=O)(=O)Cc3ncc(F)s3)ccc12. The van der Waals surface area contributed by atoms with Crippen LogP contribution in [0.1, 0.15) is 10.6 Å². The zero-order valence-electron chi connectivity index (χ0n) is 18.6. The Hall–Kier alpha value is -3.57. The van der Waals surface area contributed by atoms with Crippen LogP contribution in [0.25, 0.3) is 33.2 Å². The van der Waals surface area contributed by atoms with E-state index in [1.165, 1.54) is 30.7 Å². The number of halogens is 4. The zero-order valence-corrected chi connectivity index (χ0v) is 20.3. The molecule has 2 heterocycles. The lowest BCUT2D eigenvalue weighted by Crippen LogP contribution is -2.06. The summed E-state index contributed by atoms with van der Waals surface area (Å²) in [5, 5.41) is 0.839. The lowest BCUT2D eigenvalue weighted by molar-refractivity contribution is -0.137. The second kappa shape index (κ2) is 8.82. The molecule has 36 heavy (non-hydrogen) atoms. The molecule has 0 N–H and O–H groups in total. The van der Waals surface area contributed by atoms with Gasteiger partial charge in [0.2, 0.25) is 0 Å². The van der Waals surface area contributed by atoms with Crippen LogP contribution in [0.4, 0.5) is 17.6 Å². The van der Waals surface area contributed by atoms with Gasteiger partial charge in [-0.25, -0.2) is 18.4 Å². The molecular formula is C25H17F4N3O2S2. The minimum atomic E-state index is -4.52. The number of thiazole rings is 1. The Labute approximate surface area is 207 Å². The van der Waals surface area contributed by atoms with Gasteiger partial charge in [-0.3, -0.25) is 0 Å². The van der Waals surface area contributed by atoms with Crippen molar-refractivity contribution in [3.8, 4) is 22.4 Å². The van der Waals surface area contributed by atoms with E-state index in [0.29, 0.717) is 44.5 Å².